The Balaban J connectivity index is 2.08. The standard InChI is InChI=1S/C14H16N2/c1-11-8-9-14(10-15-11)16-12(2)13-6-4-3-5-7-13/h3-10,12,16H,1-2H3. The van der Waals surface area contributed by atoms with Gasteiger partial charge in [-0.15, -0.1) is 0 Å². The number of aromatic nitrogens is 1. The average molecular weight is 212 g/mol. The highest BCUT2D eigenvalue weighted by molar-refractivity contribution is 5.43. The second-order valence-electron chi connectivity index (χ2n) is 3.96. The van der Waals surface area contributed by atoms with Crippen LogP contribution in [0, 0.1) is 6.92 Å². The van der Waals surface area contributed by atoms with Gasteiger partial charge in [0.15, 0.2) is 0 Å². The summed E-state index contributed by atoms with van der Waals surface area (Å²) in [5, 5.41) is 3.42. The largest absolute Gasteiger partial charge is 0.377 e. The van der Waals surface area contributed by atoms with Gasteiger partial charge in [-0.3, -0.25) is 4.98 Å². The quantitative estimate of drug-likeness (QED) is 0.841. The number of anilines is 1. The van der Waals surface area contributed by atoms with Crippen molar-refractivity contribution in [3.05, 3.63) is 59.9 Å². The highest BCUT2D eigenvalue weighted by Crippen LogP contribution is 2.17. The van der Waals surface area contributed by atoms with Crippen LogP contribution < -0.4 is 5.32 Å². The smallest absolute Gasteiger partial charge is 0.0531 e. The molecule has 0 saturated heterocycles. The first-order chi connectivity index (χ1) is 7.75. The first-order valence-electron chi connectivity index (χ1n) is 5.50. The molecule has 0 radical (unpaired) electrons. The molecule has 1 heterocycles. The maximum absolute atomic E-state index is 4.26. The van der Waals surface area contributed by atoms with Crippen LogP contribution in [-0.4, -0.2) is 4.98 Å². The molecule has 82 valence electrons. The molecule has 1 aromatic carbocycles. The lowest BCUT2D eigenvalue weighted by Crippen LogP contribution is -2.06. The summed E-state index contributed by atoms with van der Waals surface area (Å²) < 4.78 is 0. The van der Waals surface area contributed by atoms with Crippen molar-refractivity contribution in [2.24, 2.45) is 0 Å². The van der Waals surface area contributed by atoms with Gasteiger partial charge in [0.05, 0.1) is 11.9 Å². The van der Waals surface area contributed by atoms with E-state index in [4.69, 9.17) is 0 Å². The molecule has 0 saturated carbocycles. The van der Waals surface area contributed by atoms with E-state index >= 15 is 0 Å². The fourth-order valence-corrected chi connectivity index (χ4v) is 1.63. The number of pyridine rings is 1. The fraction of sp³-hybridized carbons (Fsp3) is 0.214. The summed E-state index contributed by atoms with van der Waals surface area (Å²) in [5.41, 5.74) is 3.38. The van der Waals surface area contributed by atoms with Crippen molar-refractivity contribution in [1.29, 1.82) is 0 Å². The van der Waals surface area contributed by atoms with Gasteiger partial charge in [0.25, 0.3) is 0 Å². The van der Waals surface area contributed by atoms with Crippen LogP contribution >= 0.6 is 0 Å². The van der Waals surface area contributed by atoms with Gasteiger partial charge in [0.2, 0.25) is 0 Å². The maximum Gasteiger partial charge on any atom is 0.0531 e. The molecule has 2 rings (SSSR count). The van der Waals surface area contributed by atoms with E-state index in [-0.39, 0.29) is 0 Å². The molecular weight excluding hydrogens is 196 g/mol. The molecule has 0 amide bonds. The highest BCUT2D eigenvalue weighted by atomic mass is 14.9. The number of hydrogen-bond acceptors (Lipinski definition) is 2. The molecule has 2 heteroatoms. The van der Waals surface area contributed by atoms with E-state index in [1.807, 2.05) is 25.3 Å². The molecule has 0 aliphatic rings. The lowest BCUT2D eigenvalue weighted by Gasteiger charge is -2.15. The fourth-order valence-electron chi connectivity index (χ4n) is 1.63. The van der Waals surface area contributed by atoms with Crippen LogP contribution in [0.15, 0.2) is 48.7 Å². The van der Waals surface area contributed by atoms with E-state index in [0.29, 0.717) is 6.04 Å². The number of aryl methyl sites for hydroxylation is 1. The zero-order chi connectivity index (χ0) is 11.4. The van der Waals surface area contributed by atoms with Gasteiger partial charge in [-0.1, -0.05) is 30.3 Å². The first kappa shape index (κ1) is 10.7. The van der Waals surface area contributed by atoms with Crippen LogP contribution in [0.2, 0.25) is 0 Å². The molecule has 16 heavy (non-hydrogen) atoms. The van der Waals surface area contributed by atoms with Crippen LogP contribution in [0.3, 0.4) is 0 Å². The number of hydrogen-bond donors (Lipinski definition) is 1. The second-order valence-corrected chi connectivity index (χ2v) is 3.96. The minimum Gasteiger partial charge on any atom is -0.377 e. The molecule has 2 nitrogen and oxygen atoms in total. The van der Waals surface area contributed by atoms with Crippen molar-refractivity contribution in [3.63, 3.8) is 0 Å². The maximum atomic E-state index is 4.26. The van der Waals surface area contributed by atoms with Crippen molar-refractivity contribution in [2.45, 2.75) is 19.9 Å². The number of rotatable bonds is 3. The monoisotopic (exact) mass is 212 g/mol. The molecule has 1 N–H and O–H groups in total. The highest BCUT2D eigenvalue weighted by Gasteiger charge is 2.03. The Kier molecular flexibility index (Phi) is 3.20. The average Bonchev–Trinajstić information content (AvgIpc) is 2.33. The Morgan fingerprint density at radius 2 is 1.81 bits per heavy atom. The third kappa shape index (κ3) is 2.60. The summed E-state index contributed by atoms with van der Waals surface area (Å²) in [5.74, 6) is 0. The SMILES string of the molecule is Cc1ccc(NC(C)c2ccccc2)cn1. The zero-order valence-electron chi connectivity index (χ0n) is 9.64. The van der Waals surface area contributed by atoms with E-state index in [9.17, 15) is 0 Å². The summed E-state index contributed by atoms with van der Waals surface area (Å²) in [4.78, 5) is 4.26. The third-order valence-electron chi connectivity index (χ3n) is 2.59. The summed E-state index contributed by atoms with van der Waals surface area (Å²) in [6.45, 7) is 4.14. The Morgan fingerprint density at radius 3 is 2.44 bits per heavy atom. The van der Waals surface area contributed by atoms with Crippen molar-refractivity contribution in [2.75, 3.05) is 5.32 Å². The van der Waals surface area contributed by atoms with Crippen LogP contribution in [0.1, 0.15) is 24.2 Å². The normalized spacial score (nSPS) is 12.1. The Labute approximate surface area is 96.4 Å². The first-order valence-corrected chi connectivity index (χ1v) is 5.50. The molecule has 0 spiro atoms. The van der Waals surface area contributed by atoms with Gasteiger partial charge in [0, 0.05) is 11.7 Å². The van der Waals surface area contributed by atoms with E-state index in [1.165, 1.54) is 5.56 Å². The molecule has 0 aliphatic carbocycles. The number of benzene rings is 1. The van der Waals surface area contributed by atoms with E-state index < -0.39 is 0 Å². The van der Waals surface area contributed by atoms with Crippen molar-refractivity contribution in [3.8, 4) is 0 Å². The predicted octanol–water partition coefficient (Wildman–Crippen LogP) is 3.56. The minimum absolute atomic E-state index is 0.297. The van der Waals surface area contributed by atoms with Crippen molar-refractivity contribution >= 4 is 5.69 Å². The van der Waals surface area contributed by atoms with Crippen LogP contribution in [0.25, 0.3) is 0 Å². The zero-order valence-corrected chi connectivity index (χ0v) is 9.64. The molecule has 0 aliphatic heterocycles. The van der Waals surface area contributed by atoms with Gasteiger partial charge in [-0.05, 0) is 31.5 Å². The van der Waals surface area contributed by atoms with E-state index in [2.05, 4.69) is 47.6 Å². The Hall–Kier alpha value is -1.83. The van der Waals surface area contributed by atoms with Crippen LogP contribution in [0.4, 0.5) is 5.69 Å². The van der Waals surface area contributed by atoms with Gasteiger partial charge < -0.3 is 5.32 Å². The molecule has 0 bridgehead atoms. The summed E-state index contributed by atoms with van der Waals surface area (Å²) in [6, 6.07) is 14.8. The van der Waals surface area contributed by atoms with Gasteiger partial charge in [-0.25, -0.2) is 0 Å². The van der Waals surface area contributed by atoms with Crippen molar-refractivity contribution < 1.29 is 0 Å². The molecule has 1 unspecified atom stereocenters. The Bertz CT molecular complexity index is 434. The number of nitrogens with zero attached hydrogens (tertiary/aromatic N) is 1. The van der Waals surface area contributed by atoms with Gasteiger partial charge in [0.1, 0.15) is 0 Å². The lowest BCUT2D eigenvalue weighted by molar-refractivity contribution is 0.882. The molecule has 0 fully saturated rings. The predicted molar refractivity (Wildman–Crippen MR) is 67.5 cm³/mol. The van der Waals surface area contributed by atoms with Gasteiger partial charge in [-0.2, -0.15) is 0 Å². The molecular formula is C14H16N2. The summed E-state index contributed by atoms with van der Waals surface area (Å²) in [7, 11) is 0. The van der Waals surface area contributed by atoms with Gasteiger partial charge >= 0.3 is 0 Å². The van der Waals surface area contributed by atoms with Crippen molar-refractivity contribution in [1.82, 2.24) is 4.98 Å². The lowest BCUT2D eigenvalue weighted by atomic mass is 10.1. The molecule has 2 aromatic rings. The third-order valence-corrected chi connectivity index (χ3v) is 2.59. The summed E-state index contributed by atoms with van der Waals surface area (Å²) >= 11 is 0. The number of nitrogens with one attached hydrogen (secondary N) is 1. The van der Waals surface area contributed by atoms with E-state index in [0.717, 1.165) is 11.4 Å². The topological polar surface area (TPSA) is 24.9 Å². The second kappa shape index (κ2) is 4.79. The Morgan fingerprint density at radius 1 is 1.06 bits per heavy atom. The van der Waals surface area contributed by atoms with Crippen LogP contribution in [-0.2, 0) is 0 Å². The van der Waals surface area contributed by atoms with Crippen LogP contribution in [0.5, 0.6) is 0 Å². The summed E-state index contributed by atoms with van der Waals surface area (Å²) in [6.07, 6.45) is 1.87. The van der Waals surface area contributed by atoms with E-state index in [1.54, 1.807) is 0 Å². The molecule has 1 aromatic heterocycles. The molecule has 1 atom stereocenters. The minimum atomic E-state index is 0.297.